The molecule has 0 radical (unpaired) electrons. The van der Waals surface area contributed by atoms with Crippen LogP contribution in [-0.4, -0.2) is 48.5 Å². The van der Waals surface area contributed by atoms with Gasteiger partial charge in [-0.3, -0.25) is 9.59 Å². The smallest absolute Gasteiger partial charge is 0.239 e. The van der Waals surface area contributed by atoms with Crippen LogP contribution in [0.2, 0.25) is 0 Å². The van der Waals surface area contributed by atoms with Crippen LogP contribution in [0.4, 0.5) is 11.4 Å². The van der Waals surface area contributed by atoms with Gasteiger partial charge in [-0.1, -0.05) is 26.0 Å². The highest BCUT2D eigenvalue weighted by atomic mass is 35.5. The number of fused-ring (bicyclic) bond motifs is 3. The van der Waals surface area contributed by atoms with E-state index in [-0.39, 0.29) is 16.9 Å². The van der Waals surface area contributed by atoms with Gasteiger partial charge in [0.1, 0.15) is 22.8 Å². The van der Waals surface area contributed by atoms with E-state index in [0.717, 1.165) is 19.6 Å². The average molecular weight is 484 g/mol. The monoisotopic (exact) mass is 483 g/mol. The number of benzene rings is 2. The minimum absolute atomic E-state index is 0.176. The molecular weight excluding hydrogens is 454 g/mol. The molecule has 1 aromatic heterocycles. The van der Waals surface area contributed by atoms with Gasteiger partial charge in [-0.25, -0.2) is 0 Å². The molecule has 0 spiro atoms. The summed E-state index contributed by atoms with van der Waals surface area (Å²) in [6.07, 6.45) is 3.87. The average Bonchev–Trinajstić information content (AvgIpc) is 2.82. The second kappa shape index (κ2) is 9.68. The Labute approximate surface area is 203 Å². The molecule has 2 heterocycles. The van der Waals surface area contributed by atoms with Crippen LogP contribution in [-0.2, 0) is 4.79 Å². The van der Waals surface area contributed by atoms with Crippen LogP contribution < -0.4 is 20.8 Å². The molecule has 1 aliphatic rings. The van der Waals surface area contributed by atoms with Crippen molar-refractivity contribution in [3.05, 3.63) is 46.1 Å². The third kappa shape index (κ3) is 4.50. The summed E-state index contributed by atoms with van der Waals surface area (Å²) in [5, 5.41) is 7.12. The van der Waals surface area contributed by atoms with Crippen LogP contribution in [0.1, 0.15) is 33.3 Å². The quantitative estimate of drug-likeness (QED) is 0.264. The molecule has 0 unspecified atom stereocenters. The molecule has 4 rings (SSSR count). The largest absolute Gasteiger partial charge is 0.481 e. The highest BCUT2D eigenvalue weighted by Gasteiger charge is 2.31. The number of nitrogens with one attached hydrogen (secondary N) is 2. The maximum atomic E-state index is 13.7. The number of anilines is 2. The van der Waals surface area contributed by atoms with E-state index in [9.17, 15) is 9.59 Å². The van der Waals surface area contributed by atoms with Gasteiger partial charge in [-0.15, -0.1) is 11.6 Å². The molecule has 1 aliphatic heterocycles. The number of carbonyl (C=O) groups is 1. The molecule has 8 heteroatoms. The second-order valence-electron chi connectivity index (χ2n) is 8.80. The normalized spacial score (nSPS) is 14.3. The first kappa shape index (κ1) is 24.1. The van der Waals surface area contributed by atoms with Crippen LogP contribution in [0.25, 0.3) is 28.0 Å². The third-order valence-corrected chi connectivity index (χ3v) is 6.29. The van der Waals surface area contributed by atoms with E-state index in [0.29, 0.717) is 45.6 Å². The van der Waals surface area contributed by atoms with Gasteiger partial charge >= 0.3 is 0 Å². The first-order valence-corrected chi connectivity index (χ1v) is 12.1. The lowest BCUT2D eigenvalue weighted by atomic mass is 9.96. The van der Waals surface area contributed by atoms with Crippen molar-refractivity contribution in [1.29, 1.82) is 0 Å². The Morgan fingerprint density at radius 1 is 1.15 bits per heavy atom. The van der Waals surface area contributed by atoms with Crippen LogP contribution in [0.5, 0.6) is 5.75 Å². The number of carbonyl (C=O) groups excluding carboxylic acids is 1. The second-order valence-corrected chi connectivity index (χ2v) is 9.07. The maximum Gasteiger partial charge on any atom is 0.239 e. The van der Waals surface area contributed by atoms with Crippen LogP contribution in [0.3, 0.4) is 0 Å². The number of para-hydroxylation sites is 1. The van der Waals surface area contributed by atoms with Gasteiger partial charge < -0.3 is 24.7 Å². The van der Waals surface area contributed by atoms with E-state index >= 15 is 0 Å². The number of nitrogens with zero attached hydrogens (tertiary/aromatic N) is 1. The Kier molecular flexibility index (Phi) is 6.86. The molecule has 1 amide bonds. The Morgan fingerprint density at radius 2 is 1.88 bits per heavy atom. The lowest BCUT2D eigenvalue weighted by Crippen LogP contribution is -2.31. The van der Waals surface area contributed by atoms with Gasteiger partial charge in [0.05, 0.1) is 16.5 Å². The van der Waals surface area contributed by atoms with Crippen molar-refractivity contribution < 1.29 is 13.9 Å². The van der Waals surface area contributed by atoms with E-state index in [1.807, 2.05) is 26.0 Å². The Balaban J connectivity index is 2.02. The van der Waals surface area contributed by atoms with Gasteiger partial charge in [0, 0.05) is 18.7 Å². The lowest BCUT2D eigenvalue weighted by Gasteiger charge is -2.31. The topological polar surface area (TPSA) is 83.8 Å². The maximum absolute atomic E-state index is 13.7. The van der Waals surface area contributed by atoms with Crippen molar-refractivity contribution in [2.75, 3.05) is 42.7 Å². The van der Waals surface area contributed by atoms with Gasteiger partial charge in [-0.2, -0.15) is 0 Å². The summed E-state index contributed by atoms with van der Waals surface area (Å²) < 4.78 is 12.5. The number of amides is 1. The number of hydrogen-bond acceptors (Lipinski definition) is 6. The highest BCUT2D eigenvalue weighted by molar-refractivity contribution is 6.29. The van der Waals surface area contributed by atoms with Crippen molar-refractivity contribution >= 4 is 56.9 Å². The summed E-state index contributed by atoms with van der Waals surface area (Å²) in [5.74, 6) is -0.210. The molecule has 2 aromatic carbocycles. The van der Waals surface area contributed by atoms with Crippen molar-refractivity contribution in [1.82, 2.24) is 4.90 Å². The lowest BCUT2D eigenvalue weighted by molar-refractivity contribution is -0.113. The molecule has 0 saturated heterocycles. The molecule has 0 bridgehead atoms. The van der Waals surface area contributed by atoms with E-state index in [1.54, 1.807) is 24.3 Å². The zero-order valence-corrected chi connectivity index (χ0v) is 20.7. The van der Waals surface area contributed by atoms with Crippen molar-refractivity contribution in [3.8, 4) is 5.75 Å². The number of ether oxygens (including phenoxy) is 1. The van der Waals surface area contributed by atoms with Crippen molar-refractivity contribution in [3.63, 3.8) is 0 Å². The molecule has 7 nitrogen and oxygen atoms in total. The summed E-state index contributed by atoms with van der Waals surface area (Å²) in [4.78, 5) is 28.4. The molecule has 180 valence electrons. The fourth-order valence-corrected chi connectivity index (χ4v) is 4.29. The summed E-state index contributed by atoms with van der Waals surface area (Å²) >= 11 is 5.80. The number of halogens is 1. The van der Waals surface area contributed by atoms with Gasteiger partial charge in [-0.05, 0) is 51.2 Å². The first-order chi connectivity index (χ1) is 16.3. The van der Waals surface area contributed by atoms with E-state index < -0.39 is 11.5 Å². The predicted octanol–water partition coefficient (Wildman–Crippen LogP) is 5.06. The van der Waals surface area contributed by atoms with Crippen LogP contribution >= 0.6 is 11.6 Å². The minimum atomic E-state index is -0.614. The molecule has 3 aromatic rings. The van der Waals surface area contributed by atoms with Gasteiger partial charge in [0.2, 0.25) is 11.3 Å². The number of hydrogen-bond donors (Lipinski definition) is 2. The molecule has 0 aliphatic carbocycles. The van der Waals surface area contributed by atoms with E-state index in [2.05, 4.69) is 29.4 Å². The molecule has 2 N–H and O–H groups in total. The number of rotatable bonds is 8. The summed E-state index contributed by atoms with van der Waals surface area (Å²) in [6, 6.07) is 7.09. The molecular formula is C26H30ClN3O4. The molecule has 0 saturated carbocycles. The highest BCUT2D eigenvalue weighted by Crippen LogP contribution is 2.47. The van der Waals surface area contributed by atoms with Crippen molar-refractivity contribution in [2.24, 2.45) is 0 Å². The fourth-order valence-electron chi connectivity index (χ4n) is 4.23. The molecule has 34 heavy (non-hydrogen) atoms. The Hall–Kier alpha value is -3.03. The van der Waals surface area contributed by atoms with Crippen molar-refractivity contribution in [2.45, 2.75) is 33.3 Å². The standard InChI is InChI=1S/C26H30ClN3O4/c1-5-30(6-2)14-13-28-21-17-11-12-26(3,4)34-24(17)22(29-19(31)15-27)25-20(21)23(32)16-9-7-8-10-18(16)33-25/h7-12,28H,5-6,13-15H2,1-4H3,(H,29,31). The van der Waals surface area contributed by atoms with Gasteiger partial charge in [0.25, 0.3) is 0 Å². The Bertz CT molecular complexity index is 1330. The van der Waals surface area contributed by atoms with Gasteiger partial charge in [0.15, 0.2) is 11.3 Å². The third-order valence-electron chi connectivity index (χ3n) is 6.04. The van der Waals surface area contributed by atoms with Crippen LogP contribution in [0, 0.1) is 0 Å². The van der Waals surface area contributed by atoms with E-state index in [1.165, 1.54) is 0 Å². The van der Waals surface area contributed by atoms with Crippen LogP contribution in [0.15, 0.2) is 39.6 Å². The summed E-state index contributed by atoms with van der Waals surface area (Å²) in [7, 11) is 0. The van der Waals surface area contributed by atoms with E-state index in [4.69, 9.17) is 20.8 Å². The summed E-state index contributed by atoms with van der Waals surface area (Å²) in [5.41, 5.74) is 1.54. The fraction of sp³-hybridized carbons (Fsp3) is 0.385. The SMILES string of the molecule is CCN(CC)CCNc1c2c(c(NC(=O)CCl)c3oc4ccccc4c(=O)c13)OC(C)(C)C=C2. The Morgan fingerprint density at radius 3 is 2.59 bits per heavy atom. The molecule has 0 atom stereocenters. The number of likely N-dealkylation sites (N-methyl/N-ethyl adjacent to an activating group) is 1. The first-order valence-electron chi connectivity index (χ1n) is 11.6. The zero-order valence-electron chi connectivity index (χ0n) is 20.0. The summed E-state index contributed by atoms with van der Waals surface area (Å²) in [6.45, 7) is 11.4. The predicted molar refractivity (Wildman–Crippen MR) is 139 cm³/mol. The zero-order chi connectivity index (χ0) is 24.5. The molecule has 0 fully saturated rings. The minimum Gasteiger partial charge on any atom is -0.481 e. The number of alkyl halides is 1.